The van der Waals surface area contributed by atoms with Gasteiger partial charge in [-0.05, 0) is 57.0 Å². The molecule has 138 valence electrons. The molecule has 0 bridgehead atoms. The monoisotopic (exact) mass is 351 g/mol. The predicted molar refractivity (Wildman–Crippen MR) is 92.1 cm³/mol. The molecule has 0 radical (unpaired) electrons. The number of benzene rings is 1. The molecule has 3 aliphatic rings. The molecule has 1 aromatic rings. The molecule has 5 atom stereocenters. The summed E-state index contributed by atoms with van der Waals surface area (Å²) in [6, 6.07) is 4.05. The van der Waals surface area contributed by atoms with E-state index >= 15 is 0 Å². The van der Waals surface area contributed by atoms with Gasteiger partial charge in [-0.25, -0.2) is 8.78 Å². The van der Waals surface area contributed by atoms with E-state index in [0.29, 0.717) is 12.6 Å². The predicted octanol–water partition coefficient (Wildman–Crippen LogP) is 2.15. The van der Waals surface area contributed by atoms with Gasteiger partial charge in [-0.15, -0.1) is 0 Å². The Morgan fingerprint density at radius 1 is 1.24 bits per heavy atom. The number of piperidine rings is 1. The van der Waals surface area contributed by atoms with Gasteiger partial charge in [0, 0.05) is 36.8 Å². The number of nitrogens with zero attached hydrogens (tertiary/aromatic N) is 2. The first-order valence-electron chi connectivity index (χ1n) is 9.29. The second-order valence-electron chi connectivity index (χ2n) is 7.88. The number of likely N-dealkylation sites (tertiary alicyclic amines) is 2. The molecule has 4 rings (SSSR count). The van der Waals surface area contributed by atoms with Crippen molar-refractivity contribution in [3.8, 4) is 0 Å². The Bertz CT molecular complexity index is 629. The topological polar surface area (TPSA) is 41.7 Å². The highest BCUT2D eigenvalue weighted by Gasteiger charge is 2.42. The first-order valence-corrected chi connectivity index (χ1v) is 9.29. The summed E-state index contributed by atoms with van der Waals surface area (Å²) in [6.07, 6.45) is 2.75. The fraction of sp³-hybridized carbons (Fsp3) is 0.684. The van der Waals surface area contributed by atoms with Gasteiger partial charge in [0.15, 0.2) is 0 Å². The molecule has 0 spiro atoms. The summed E-state index contributed by atoms with van der Waals surface area (Å²) in [7, 11) is 2.21. The van der Waals surface area contributed by atoms with Crippen molar-refractivity contribution < 1.29 is 13.5 Å². The highest BCUT2D eigenvalue weighted by Crippen LogP contribution is 2.35. The maximum Gasteiger partial charge on any atom is 0.129 e. The Balaban J connectivity index is 1.43. The molecule has 2 N–H and O–H groups in total. The van der Waals surface area contributed by atoms with Crippen molar-refractivity contribution in [1.29, 1.82) is 0 Å². The molecule has 1 aromatic carbocycles. The van der Waals surface area contributed by atoms with E-state index in [1.807, 2.05) is 0 Å². The van der Waals surface area contributed by atoms with Crippen LogP contribution in [0.3, 0.4) is 0 Å². The molecule has 3 heterocycles. The Kier molecular flexibility index (Phi) is 4.79. The lowest BCUT2D eigenvalue weighted by molar-refractivity contribution is -0.0482. The quantitative estimate of drug-likeness (QED) is 0.887. The molecule has 4 nitrogen and oxygen atoms in total. The lowest BCUT2D eigenvalue weighted by Gasteiger charge is -2.39. The summed E-state index contributed by atoms with van der Waals surface area (Å²) >= 11 is 0. The second-order valence-corrected chi connectivity index (χ2v) is 7.88. The molecule has 0 amide bonds. The van der Waals surface area contributed by atoms with Crippen LogP contribution in [0.25, 0.3) is 0 Å². The molecule has 0 aliphatic carbocycles. The smallest absolute Gasteiger partial charge is 0.129 e. The number of nitrogens with two attached hydrogens (primary N) is 1. The number of hydrogen-bond acceptors (Lipinski definition) is 4. The van der Waals surface area contributed by atoms with Gasteiger partial charge >= 0.3 is 0 Å². The van der Waals surface area contributed by atoms with Gasteiger partial charge in [-0.2, -0.15) is 0 Å². The average Bonchev–Trinajstić information content (AvgIpc) is 3.03. The summed E-state index contributed by atoms with van der Waals surface area (Å²) in [5.74, 6) is -0.177. The lowest BCUT2D eigenvalue weighted by atomic mass is 9.92. The van der Waals surface area contributed by atoms with Crippen molar-refractivity contribution in [1.82, 2.24) is 9.80 Å². The number of hydrogen-bond donors (Lipinski definition) is 1. The van der Waals surface area contributed by atoms with Crippen LogP contribution in [-0.4, -0.2) is 61.2 Å². The number of likely N-dealkylation sites (N-methyl/N-ethyl adjacent to an activating group) is 1. The minimum absolute atomic E-state index is 0.237. The summed E-state index contributed by atoms with van der Waals surface area (Å²) in [5, 5.41) is 0. The van der Waals surface area contributed by atoms with Crippen molar-refractivity contribution in [3.63, 3.8) is 0 Å². The van der Waals surface area contributed by atoms with Gasteiger partial charge in [0.2, 0.25) is 0 Å². The SMILES string of the molecule is CN1CCCC2CN([C@H]3CO[C@H](c4cc(F)ccc4F)[C@@H](N)C3)CC21. The summed E-state index contributed by atoms with van der Waals surface area (Å²) in [6.45, 7) is 3.85. The van der Waals surface area contributed by atoms with Gasteiger partial charge in [-0.1, -0.05) is 0 Å². The number of ether oxygens (including phenoxy) is 1. The molecule has 0 saturated carbocycles. The molecule has 0 aromatic heterocycles. The zero-order valence-electron chi connectivity index (χ0n) is 14.7. The van der Waals surface area contributed by atoms with Gasteiger partial charge in [-0.3, -0.25) is 4.90 Å². The third-order valence-corrected chi connectivity index (χ3v) is 6.27. The average molecular weight is 351 g/mol. The van der Waals surface area contributed by atoms with Crippen molar-refractivity contribution in [2.75, 3.05) is 33.3 Å². The van der Waals surface area contributed by atoms with Crippen LogP contribution in [0.4, 0.5) is 8.78 Å². The van der Waals surface area contributed by atoms with E-state index in [-0.39, 0.29) is 17.6 Å². The van der Waals surface area contributed by atoms with Crippen LogP contribution >= 0.6 is 0 Å². The van der Waals surface area contributed by atoms with Crippen LogP contribution in [0.1, 0.15) is 30.9 Å². The van der Waals surface area contributed by atoms with E-state index in [2.05, 4.69) is 16.8 Å². The minimum Gasteiger partial charge on any atom is -0.370 e. The van der Waals surface area contributed by atoms with Crippen molar-refractivity contribution >= 4 is 0 Å². The molecular weight excluding hydrogens is 324 g/mol. The Hall–Kier alpha value is -1.08. The first-order chi connectivity index (χ1) is 12.0. The zero-order chi connectivity index (χ0) is 17.6. The lowest BCUT2D eigenvalue weighted by Crippen LogP contribution is -2.49. The van der Waals surface area contributed by atoms with Crippen molar-refractivity contribution in [3.05, 3.63) is 35.4 Å². The minimum atomic E-state index is -0.570. The maximum atomic E-state index is 14.1. The highest BCUT2D eigenvalue weighted by molar-refractivity contribution is 5.23. The number of rotatable bonds is 2. The normalized spacial score (nSPS) is 37.2. The highest BCUT2D eigenvalue weighted by atomic mass is 19.1. The molecule has 3 saturated heterocycles. The summed E-state index contributed by atoms with van der Waals surface area (Å²) < 4.78 is 33.5. The van der Waals surface area contributed by atoms with Gasteiger partial charge in [0.05, 0.1) is 6.61 Å². The Labute approximate surface area is 147 Å². The second kappa shape index (κ2) is 6.91. The summed E-state index contributed by atoms with van der Waals surface area (Å²) in [5.41, 5.74) is 6.55. The van der Waals surface area contributed by atoms with E-state index in [4.69, 9.17) is 10.5 Å². The molecule has 3 aliphatic heterocycles. The van der Waals surface area contributed by atoms with E-state index in [1.165, 1.54) is 25.5 Å². The molecule has 3 fully saturated rings. The molecule has 6 heteroatoms. The van der Waals surface area contributed by atoms with E-state index in [0.717, 1.165) is 37.6 Å². The maximum absolute atomic E-state index is 14.1. The third-order valence-electron chi connectivity index (χ3n) is 6.27. The first kappa shape index (κ1) is 17.3. The molecular formula is C19H27F2N3O. The third kappa shape index (κ3) is 3.33. The van der Waals surface area contributed by atoms with Crippen LogP contribution in [0.15, 0.2) is 18.2 Å². The van der Waals surface area contributed by atoms with Crippen LogP contribution < -0.4 is 5.73 Å². The Morgan fingerprint density at radius 2 is 2.08 bits per heavy atom. The van der Waals surface area contributed by atoms with Crippen LogP contribution in [0.2, 0.25) is 0 Å². The van der Waals surface area contributed by atoms with Crippen molar-refractivity contribution in [2.45, 2.75) is 43.5 Å². The van der Waals surface area contributed by atoms with Gasteiger partial charge in [0.25, 0.3) is 0 Å². The van der Waals surface area contributed by atoms with Crippen LogP contribution in [0.5, 0.6) is 0 Å². The van der Waals surface area contributed by atoms with Crippen LogP contribution in [-0.2, 0) is 4.74 Å². The van der Waals surface area contributed by atoms with E-state index in [9.17, 15) is 8.78 Å². The van der Waals surface area contributed by atoms with E-state index in [1.54, 1.807) is 0 Å². The number of fused-ring (bicyclic) bond motifs is 1. The molecule has 2 unspecified atom stereocenters. The standard InChI is InChI=1S/C19H27F2N3O/c1-23-6-2-3-12-9-24(10-18(12)23)14-8-17(22)19(25-11-14)15-7-13(20)4-5-16(15)21/h4-5,7,12,14,17-19H,2-3,6,8-11,22H2,1H3/t12?,14-,17+,18?,19-/m1/s1. The fourth-order valence-electron chi connectivity index (χ4n) is 4.89. The van der Waals surface area contributed by atoms with Crippen LogP contribution in [0, 0.1) is 17.6 Å². The number of halogens is 2. The van der Waals surface area contributed by atoms with Gasteiger partial charge < -0.3 is 15.4 Å². The fourth-order valence-corrected chi connectivity index (χ4v) is 4.89. The zero-order valence-corrected chi connectivity index (χ0v) is 14.7. The van der Waals surface area contributed by atoms with E-state index < -0.39 is 17.7 Å². The Morgan fingerprint density at radius 3 is 2.84 bits per heavy atom. The van der Waals surface area contributed by atoms with Gasteiger partial charge in [0.1, 0.15) is 17.7 Å². The molecule has 25 heavy (non-hydrogen) atoms. The largest absolute Gasteiger partial charge is 0.370 e. The summed E-state index contributed by atoms with van der Waals surface area (Å²) in [4.78, 5) is 4.97. The van der Waals surface area contributed by atoms with Crippen molar-refractivity contribution in [2.24, 2.45) is 11.7 Å².